The van der Waals surface area contributed by atoms with Gasteiger partial charge in [0.2, 0.25) is 0 Å². The number of nitrogens with zero attached hydrogens (tertiary/aromatic N) is 1. The van der Waals surface area contributed by atoms with Crippen LogP contribution in [0.4, 0.5) is 0 Å². The van der Waals surface area contributed by atoms with Crippen LogP contribution in [-0.2, 0) is 4.79 Å². The smallest absolute Gasteiger partial charge is 0.133 e. The first-order valence-corrected chi connectivity index (χ1v) is 11.4. The second-order valence-electron chi connectivity index (χ2n) is 11.4. The molecule has 156 valence electrons. The molecular weight excluding hydrogens is 346 g/mol. The largest absolute Gasteiger partial charge is 0.378 e. The highest BCUT2D eigenvalue weighted by atomic mass is 16.3. The van der Waals surface area contributed by atoms with Gasteiger partial charge in [-0.05, 0) is 107 Å². The Morgan fingerprint density at radius 1 is 1.07 bits per heavy atom. The van der Waals surface area contributed by atoms with Gasteiger partial charge in [0.05, 0.1) is 0 Å². The molecule has 28 heavy (non-hydrogen) atoms. The molecule has 4 saturated carbocycles. The van der Waals surface area contributed by atoms with Gasteiger partial charge in [-0.1, -0.05) is 19.8 Å². The Kier molecular flexibility index (Phi) is 4.80. The van der Waals surface area contributed by atoms with E-state index < -0.39 is 5.60 Å². The van der Waals surface area contributed by atoms with Gasteiger partial charge in [0.1, 0.15) is 11.4 Å². The highest BCUT2D eigenvalue weighted by molar-refractivity contribution is 5.79. The molecule has 4 aliphatic rings. The molecule has 0 radical (unpaired) electrons. The van der Waals surface area contributed by atoms with Crippen LogP contribution in [0.1, 0.15) is 72.1 Å². The number of hydrogen-bond acceptors (Lipinski definition) is 3. The van der Waals surface area contributed by atoms with E-state index >= 15 is 0 Å². The Morgan fingerprint density at radius 2 is 1.79 bits per heavy atom. The van der Waals surface area contributed by atoms with Crippen molar-refractivity contribution in [3.63, 3.8) is 0 Å². The van der Waals surface area contributed by atoms with Crippen molar-refractivity contribution in [2.75, 3.05) is 14.1 Å². The number of carbonyl (C=O) groups excluding carboxylic acids is 1. The minimum atomic E-state index is -0.902. The Bertz CT molecular complexity index is 695. The molecule has 0 spiro atoms. The fraction of sp³-hybridized carbons (Fsp3) is 0.880. The minimum absolute atomic E-state index is 0.152. The van der Waals surface area contributed by atoms with Crippen LogP contribution in [0.15, 0.2) is 0 Å². The molecule has 0 aromatic heterocycles. The lowest BCUT2D eigenvalue weighted by atomic mass is 9.42. The van der Waals surface area contributed by atoms with E-state index in [2.05, 4.69) is 38.8 Å². The lowest BCUT2D eigenvalue weighted by Crippen LogP contribution is -2.63. The zero-order valence-corrected chi connectivity index (χ0v) is 18.5. The molecule has 3 heteroatoms. The summed E-state index contributed by atoms with van der Waals surface area (Å²) in [6.07, 6.45) is 14.1. The Morgan fingerprint density at radius 3 is 2.39 bits per heavy atom. The van der Waals surface area contributed by atoms with E-state index in [1.54, 1.807) is 0 Å². The molecule has 0 saturated heterocycles. The number of rotatable bonds is 2. The van der Waals surface area contributed by atoms with Crippen LogP contribution in [-0.4, -0.2) is 41.5 Å². The molecule has 4 fully saturated rings. The van der Waals surface area contributed by atoms with Gasteiger partial charge in [-0.3, -0.25) is 4.79 Å². The third-order valence-electron chi connectivity index (χ3n) is 10.1. The van der Waals surface area contributed by atoms with Crippen molar-refractivity contribution in [3.8, 4) is 12.3 Å². The van der Waals surface area contributed by atoms with Crippen molar-refractivity contribution in [3.05, 3.63) is 0 Å². The number of carbonyl (C=O) groups is 1. The number of terminal acetylenes is 1. The van der Waals surface area contributed by atoms with Crippen LogP contribution < -0.4 is 0 Å². The number of aliphatic hydroxyl groups is 1. The van der Waals surface area contributed by atoms with Crippen molar-refractivity contribution in [1.29, 1.82) is 0 Å². The van der Waals surface area contributed by atoms with Gasteiger partial charge in [-0.2, -0.15) is 0 Å². The van der Waals surface area contributed by atoms with Gasteiger partial charge < -0.3 is 10.0 Å². The van der Waals surface area contributed by atoms with Crippen LogP contribution in [0, 0.1) is 52.8 Å². The molecule has 4 aliphatic carbocycles. The zero-order chi connectivity index (χ0) is 20.5. The standard InChI is InChI=1S/C25H39NO2/c1-7-25(28)13-12-23(3)17(14-25)8-9-18-20-11-10-19(16(2)27)24(20,4)15-21(22(18)23)26(5)6/h1,17-22,28H,8-15H2,2-6H3/t17-,18+,19-,20+,21-,22-,23+,24-,25-/m1/s1. The second kappa shape index (κ2) is 6.58. The third-order valence-corrected chi connectivity index (χ3v) is 10.1. The maximum Gasteiger partial charge on any atom is 0.133 e. The first-order chi connectivity index (χ1) is 13.1. The topological polar surface area (TPSA) is 40.5 Å². The summed E-state index contributed by atoms with van der Waals surface area (Å²) in [4.78, 5) is 14.9. The highest BCUT2D eigenvalue weighted by Gasteiger charge is 2.64. The molecule has 0 aliphatic heterocycles. The lowest BCUT2D eigenvalue weighted by Gasteiger charge is -2.64. The average Bonchev–Trinajstić information content (AvgIpc) is 2.99. The van der Waals surface area contributed by atoms with E-state index in [0.29, 0.717) is 35.5 Å². The monoisotopic (exact) mass is 385 g/mol. The Balaban J connectivity index is 1.72. The summed E-state index contributed by atoms with van der Waals surface area (Å²) in [6.45, 7) is 6.74. The summed E-state index contributed by atoms with van der Waals surface area (Å²) in [7, 11) is 4.47. The maximum atomic E-state index is 12.5. The Hall–Kier alpha value is -0.850. The maximum absolute atomic E-state index is 12.5. The molecule has 0 bridgehead atoms. The molecule has 0 aromatic carbocycles. The highest BCUT2D eigenvalue weighted by Crippen LogP contribution is 2.68. The van der Waals surface area contributed by atoms with Gasteiger partial charge in [-0.15, -0.1) is 6.42 Å². The number of hydrogen-bond donors (Lipinski definition) is 1. The zero-order valence-electron chi connectivity index (χ0n) is 18.5. The molecular formula is C25H39NO2. The minimum Gasteiger partial charge on any atom is -0.378 e. The molecule has 0 amide bonds. The number of Topliss-reactive ketones (excluding diaryl/α,β-unsaturated/α-hetero) is 1. The summed E-state index contributed by atoms with van der Waals surface area (Å²) in [6, 6.07) is 0.510. The SMILES string of the molecule is C#C[C@@]1(O)CC[C@@]2(C)[C@H](CC[C@@H]3[C@@H]2[C@H](N(C)C)C[C@]2(C)[C@@H](C(C)=O)CC[C@@H]32)C1. The van der Waals surface area contributed by atoms with E-state index in [0.717, 1.165) is 32.1 Å². The van der Waals surface area contributed by atoms with Crippen molar-refractivity contribution in [2.45, 2.75) is 83.8 Å². The first-order valence-electron chi connectivity index (χ1n) is 11.4. The molecule has 3 nitrogen and oxygen atoms in total. The summed E-state index contributed by atoms with van der Waals surface area (Å²) in [5, 5.41) is 10.8. The molecule has 0 aromatic rings. The van der Waals surface area contributed by atoms with Crippen molar-refractivity contribution >= 4 is 5.78 Å². The van der Waals surface area contributed by atoms with E-state index in [1.165, 1.54) is 19.3 Å². The molecule has 0 unspecified atom stereocenters. The van der Waals surface area contributed by atoms with Crippen LogP contribution in [0.2, 0.25) is 0 Å². The van der Waals surface area contributed by atoms with E-state index in [4.69, 9.17) is 6.42 Å². The van der Waals surface area contributed by atoms with Crippen LogP contribution in [0.5, 0.6) is 0 Å². The van der Waals surface area contributed by atoms with Crippen molar-refractivity contribution in [1.82, 2.24) is 4.90 Å². The first kappa shape index (κ1) is 20.4. The third kappa shape index (κ3) is 2.74. The van der Waals surface area contributed by atoms with Gasteiger partial charge in [0.25, 0.3) is 0 Å². The summed E-state index contributed by atoms with van der Waals surface area (Å²) >= 11 is 0. The summed E-state index contributed by atoms with van der Waals surface area (Å²) in [5.74, 6) is 5.88. The van der Waals surface area contributed by atoms with Gasteiger partial charge in [0, 0.05) is 12.0 Å². The predicted molar refractivity (Wildman–Crippen MR) is 113 cm³/mol. The second-order valence-corrected chi connectivity index (χ2v) is 11.4. The molecule has 9 atom stereocenters. The van der Waals surface area contributed by atoms with E-state index in [1.807, 2.05) is 6.92 Å². The quantitative estimate of drug-likeness (QED) is 0.726. The fourth-order valence-corrected chi connectivity index (χ4v) is 8.67. The summed E-state index contributed by atoms with van der Waals surface area (Å²) < 4.78 is 0. The van der Waals surface area contributed by atoms with Gasteiger partial charge in [-0.25, -0.2) is 0 Å². The Labute approximate surface area is 171 Å². The van der Waals surface area contributed by atoms with Gasteiger partial charge in [0.15, 0.2) is 0 Å². The summed E-state index contributed by atoms with van der Waals surface area (Å²) in [5.41, 5.74) is -0.503. The molecule has 4 rings (SSSR count). The van der Waals surface area contributed by atoms with Crippen LogP contribution in [0.25, 0.3) is 0 Å². The predicted octanol–water partition coefficient (Wildman–Crippen LogP) is 4.14. The molecule has 0 heterocycles. The van der Waals surface area contributed by atoms with Crippen molar-refractivity contribution < 1.29 is 9.90 Å². The number of ketones is 1. The lowest BCUT2D eigenvalue weighted by molar-refractivity contribution is -0.166. The fourth-order valence-electron chi connectivity index (χ4n) is 8.67. The van der Waals surface area contributed by atoms with Crippen LogP contribution >= 0.6 is 0 Å². The van der Waals surface area contributed by atoms with Crippen molar-refractivity contribution in [2.24, 2.45) is 40.4 Å². The van der Waals surface area contributed by atoms with Crippen LogP contribution in [0.3, 0.4) is 0 Å². The van der Waals surface area contributed by atoms with E-state index in [9.17, 15) is 9.90 Å². The normalized spacial score (nSPS) is 53.1. The number of fused-ring (bicyclic) bond motifs is 5. The average molecular weight is 386 g/mol. The van der Waals surface area contributed by atoms with Gasteiger partial charge >= 0.3 is 0 Å². The molecule has 1 N–H and O–H groups in total. The van der Waals surface area contributed by atoms with E-state index in [-0.39, 0.29) is 16.7 Å².